The Balaban J connectivity index is 2.02. The zero-order valence-electron chi connectivity index (χ0n) is 6.85. The van der Waals surface area contributed by atoms with E-state index < -0.39 is 5.67 Å². The molecule has 1 N–H and O–H groups in total. The van der Waals surface area contributed by atoms with Crippen LogP contribution < -0.4 is 5.32 Å². The Morgan fingerprint density at radius 3 is 3.17 bits per heavy atom. The Morgan fingerprint density at radius 2 is 2.58 bits per heavy atom. The molecule has 0 bridgehead atoms. The SMILES string of the molecule is FC1(Cc2ccsc2)CCNC1. The zero-order valence-corrected chi connectivity index (χ0v) is 7.66. The Kier molecular flexibility index (Phi) is 2.15. The third-order valence-electron chi connectivity index (χ3n) is 2.29. The van der Waals surface area contributed by atoms with Crippen molar-refractivity contribution in [2.24, 2.45) is 0 Å². The summed E-state index contributed by atoms with van der Waals surface area (Å²) in [6.07, 6.45) is 1.23. The maximum Gasteiger partial charge on any atom is 0.128 e. The minimum atomic E-state index is -0.985. The summed E-state index contributed by atoms with van der Waals surface area (Å²) in [7, 11) is 0. The molecule has 0 aliphatic carbocycles. The van der Waals surface area contributed by atoms with Crippen molar-refractivity contribution in [2.45, 2.75) is 18.5 Å². The van der Waals surface area contributed by atoms with E-state index in [1.54, 1.807) is 11.3 Å². The van der Waals surface area contributed by atoms with Gasteiger partial charge in [-0.15, -0.1) is 0 Å². The second kappa shape index (κ2) is 3.15. The minimum absolute atomic E-state index is 0.517. The topological polar surface area (TPSA) is 12.0 Å². The van der Waals surface area contributed by atoms with Crippen molar-refractivity contribution in [2.75, 3.05) is 13.1 Å². The van der Waals surface area contributed by atoms with Crippen LogP contribution in [0, 0.1) is 0 Å². The van der Waals surface area contributed by atoms with Crippen LogP contribution in [0.4, 0.5) is 4.39 Å². The molecule has 3 heteroatoms. The van der Waals surface area contributed by atoms with E-state index in [2.05, 4.69) is 5.32 Å². The van der Waals surface area contributed by atoms with Gasteiger partial charge in [0.15, 0.2) is 0 Å². The summed E-state index contributed by atoms with van der Waals surface area (Å²) in [5.41, 5.74) is 0.146. The molecular weight excluding hydrogens is 173 g/mol. The van der Waals surface area contributed by atoms with Gasteiger partial charge in [-0.2, -0.15) is 11.3 Å². The third kappa shape index (κ3) is 1.67. The van der Waals surface area contributed by atoms with Crippen LogP contribution in [-0.4, -0.2) is 18.8 Å². The van der Waals surface area contributed by atoms with Gasteiger partial charge in [-0.3, -0.25) is 0 Å². The van der Waals surface area contributed by atoms with E-state index in [0.717, 1.165) is 12.1 Å². The molecule has 0 saturated carbocycles. The van der Waals surface area contributed by atoms with Crippen molar-refractivity contribution in [3.8, 4) is 0 Å². The standard InChI is InChI=1S/C9H12FNS/c10-9(2-3-11-7-9)5-8-1-4-12-6-8/h1,4,6,11H,2-3,5,7H2. The van der Waals surface area contributed by atoms with Crippen LogP contribution in [0.15, 0.2) is 16.8 Å². The quantitative estimate of drug-likeness (QED) is 0.743. The molecule has 0 radical (unpaired) electrons. The highest BCUT2D eigenvalue weighted by molar-refractivity contribution is 7.07. The van der Waals surface area contributed by atoms with Crippen LogP contribution in [-0.2, 0) is 6.42 Å². The van der Waals surface area contributed by atoms with E-state index in [4.69, 9.17) is 0 Å². The number of nitrogens with one attached hydrogen (secondary N) is 1. The fraction of sp³-hybridized carbons (Fsp3) is 0.556. The lowest BCUT2D eigenvalue weighted by atomic mass is 9.97. The van der Waals surface area contributed by atoms with E-state index >= 15 is 0 Å². The Hall–Kier alpha value is -0.410. The van der Waals surface area contributed by atoms with Crippen molar-refractivity contribution in [1.29, 1.82) is 0 Å². The van der Waals surface area contributed by atoms with Crippen LogP contribution in [0.3, 0.4) is 0 Å². The molecule has 1 aliphatic rings. The molecule has 0 amide bonds. The number of alkyl halides is 1. The molecule has 12 heavy (non-hydrogen) atoms. The average molecular weight is 185 g/mol. The molecule has 66 valence electrons. The Bertz CT molecular complexity index is 239. The maximum atomic E-state index is 13.8. The maximum absolute atomic E-state index is 13.8. The highest BCUT2D eigenvalue weighted by atomic mass is 32.1. The minimum Gasteiger partial charge on any atom is -0.313 e. The van der Waals surface area contributed by atoms with E-state index in [0.29, 0.717) is 19.4 Å². The first-order valence-electron chi connectivity index (χ1n) is 4.19. The summed E-state index contributed by atoms with van der Waals surface area (Å²) in [4.78, 5) is 0. The van der Waals surface area contributed by atoms with Crippen LogP contribution in [0.2, 0.25) is 0 Å². The lowest BCUT2D eigenvalue weighted by molar-refractivity contribution is 0.190. The van der Waals surface area contributed by atoms with Gasteiger partial charge >= 0.3 is 0 Å². The molecule has 0 spiro atoms. The summed E-state index contributed by atoms with van der Waals surface area (Å²) in [6, 6.07) is 2.00. The number of thiophene rings is 1. The molecule has 2 rings (SSSR count). The number of rotatable bonds is 2. The van der Waals surface area contributed by atoms with Gasteiger partial charge < -0.3 is 5.32 Å². The molecule has 1 atom stereocenters. The molecule has 1 saturated heterocycles. The van der Waals surface area contributed by atoms with E-state index in [9.17, 15) is 4.39 Å². The molecule has 1 aliphatic heterocycles. The normalized spacial score (nSPS) is 29.4. The monoisotopic (exact) mass is 185 g/mol. The summed E-state index contributed by atoms with van der Waals surface area (Å²) in [5.74, 6) is 0. The predicted molar refractivity (Wildman–Crippen MR) is 49.3 cm³/mol. The first-order valence-corrected chi connectivity index (χ1v) is 5.14. The highest BCUT2D eigenvalue weighted by Crippen LogP contribution is 2.25. The van der Waals surface area contributed by atoms with Crippen molar-refractivity contribution in [3.05, 3.63) is 22.4 Å². The fourth-order valence-electron chi connectivity index (χ4n) is 1.62. The van der Waals surface area contributed by atoms with E-state index in [1.807, 2.05) is 16.8 Å². The van der Waals surface area contributed by atoms with Crippen LogP contribution in [0.1, 0.15) is 12.0 Å². The number of halogens is 1. The van der Waals surface area contributed by atoms with Gasteiger partial charge in [0, 0.05) is 13.0 Å². The largest absolute Gasteiger partial charge is 0.313 e. The molecule has 1 fully saturated rings. The lowest BCUT2D eigenvalue weighted by Crippen LogP contribution is -2.28. The molecule has 2 heterocycles. The zero-order chi connectivity index (χ0) is 8.44. The Labute approximate surface area is 75.6 Å². The molecule has 1 unspecified atom stereocenters. The summed E-state index contributed by atoms with van der Waals surface area (Å²) >= 11 is 1.63. The van der Waals surface area contributed by atoms with Gasteiger partial charge in [0.25, 0.3) is 0 Å². The first kappa shape index (κ1) is 8.20. The highest BCUT2D eigenvalue weighted by Gasteiger charge is 2.33. The van der Waals surface area contributed by atoms with Gasteiger partial charge in [-0.25, -0.2) is 4.39 Å². The van der Waals surface area contributed by atoms with Crippen LogP contribution >= 0.6 is 11.3 Å². The molecular formula is C9H12FNS. The van der Waals surface area contributed by atoms with Crippen molar-refractivity contribution in [1.82, 2.24) is 5.32 Å². The molecule has 0 aromatic carbocycles. The second-order valence-corrected chi connectivity index (χ2v) is 4.17. The number of hydrogen-bond donors (Lipinski definition) is 1. The third-order valence-corrected chi connectivity index (χ3v) is 3.02. The summed E-state index contributed by atoms with van der Waals surface area (Å²) < 4.78 is 13.8. The van der Waals surface area contributed by atoms with E-state index in [-0.39, 0.29) is 0 Å². The molecule has 1 aromatic rings. The average Bonchev–Trinajstić information content (AvgIpc) is 2.62. The van der Waals surface area contributed by atoms with Gasteiger partial charge in [-0.05, 0) is 35.4 Å². The summed E-state index contributed by atoms with van der Waals surface area (Å²) in [6.45, 7) is 1.34. The van der Waals surface area contributed by atoms with Crippen LogP contribution in [0.25, 0.3) is 0 Å². The molecule has 1 aromatic heterocycles. The summed E-state index contributed by atoms with van der Waals surface area (Å²) in [5, 5.41) is 7.08. The molecule has 1 nitrogen and oxygen atoms in total. The second-order valence-electron chi connectivity index (χ2n) is 3.39. The predicted octanol–water partition coefficient (Wildman–Crippen LogP) is 1.99. The van der Waals surface area contributed by atoms with Crippen LogP contribution in [0.5, 0.6) is 0 Å². The lowest BCUT2D eigenvalue weighted by Gasteiger charge is -2.16. The van der Waals surface area contributed by atoms with Gasteiger partial charge in [0.05, 0.1) is 0 Å². The smallest absolute Gasteiger partial charge is 0.128 e. The van der Waals surface area contributed by atoms with Crippen molar-refractivity contribution < 1.29 is 4.39 Å². The number of hydrogen-bond acceptors (Lipinski definition) is 2. The fourth-order valence-corrected chi connectivity index (χ4v) is 2.29. The van der Waals surface area contributed by atoms with Gasteiger partial charge in [0.2, 0.25) is 0 Å². The van der Waals surface area contributed by atoms with E-state index in [1.165, 1.54) is 0 Å². The van der Waals surface area contributed by atoms with Gasteiger partial charge in [-0.1, -0.05) is 0 Å². The van der Waals surface area contributed by atoms with Crippen molar-refractivity contribution in [3.63, 3.8) is 0 Å². The first-order chi connectivity index (χ1) is 5.79. The van der Waals surface area contributed by atoms with Crippen molar-refractivity contribution >= 4 is 11.3 Å². The Morgan fingerprint density at radius 1 is 1.67 bits per heavy atom. The van der Waals surface area contributed by atoms with Gasteiger partial charge in [0.1, 0.15) is 5.67 Å².